The van der Waals surface area contributed by atoms with Gasteiger partial charge < -0.3 is 19.7 Å². The maximum absolute atomic E-state index is 12.2. The summed E-state index contributed by atoms with van der Waals surface area (Å²) in [5, 5.41) is 3.32. The van der Waals surface area contributed by atoms with Gasteiger partial charge in [0.05, 0.1) is 7.11 Å². The molecule has 1 aliphatic heterocycles. The predicted molar refractivity (Wildman–Crippen MR) is 87.2 cm³/mol. The zero-order chi connectivity index (χ0) is 15.9. The molecule has 0 saturated carbocycles. The van der Waals surface area contributed by atoms with Gasteiger partial charge in [0.1, 0.15) is 0 Å². The minimum atomic E-state index is 0.00735. The van der Waals surface area contributed by atoms with Crippen molar-refractivity contribution < 1.29 is 14.3 Å². The quantitative estimate of drug-likeness (QED) is 0.903. The Bertz CT molecular complexity index is 543. The van der Waals surface area contributed by atoms with Crippen molar-refractivity contribution >= 4 is 12.0 Å². The van der Waals surface area contributed by atoms with E-state index in [-0.39, 0.29) is 12.5 Å². The van der Waals surface area contributed by atoms with Gasteiger partial charge in [-0.2, -0.15) is 0 Å². The second kappa shape index (κ2) is 7.84. The molecule has 1 unspecified atom stereocenters. The van der Waals surface area contributed by atoms with Crippen LogP contribution in [0.5, 0.6) is 11.5 Å². The molecule has 1 aliphatic rings. The van der Waals surface area contributed by atoms with Gasteiger partial charge in [-0.25, -0.2) is 0 Å². The fraction of sp³-hybridized carbons (Fsp3) is 0.471. The van der Waals surface area contributed by atoms with Gasteiger partial charge in [0.2, 0.25) is 0 Å². The van der Waals surface area contributed by atoms with Gasteiger partial charge in [0.15, 0.2) is 18.1 Å². The van der Waals surface area contributed by atoms with Crippen molar-refractivity contribution in [2.75, 3.05) is 33.4 Å². The molecule has 1 N–H and O–H groups in total. The van der Waals surface area contributed by atoms with Crippen molar-refractivity contribution in [2.24, 2.45) is 0 Å². The molecule has 0 bridgehead atoms. The molecule has 1 aromatic carbocycles. The molecule has 5 nitrogen and oxygen atoms in total. The Kier molecular flexibility index (Phi) is 5.83. The highest BCUT2D eigenvalue weighted by molar-refractivity contribution is 5.78. The Morgan fingerprint density at radius 2 is 2.27 bits per heavy atom. The van der Waals surface area contributed by atoms with E-state index < -0.39 is 0 Å². The first-order valence-corrected chi connectivity index (χ1v) is 7.58. The molecule has 2 rings (SSSR count). The van der Waals surface area contributed by atoms with E-state index in [4.69, 9.17) is 9.47 Å². The molecular formula is C17H24N2O3. The Morgan fingerprint density at radius 3 is 2.95 bits per heavy atom. The van der Waals surface area contributed by atoms with Crippen LogP contribution in [0.25, 0.3) is 6.08 Å². The Balaban J connectivity index is 1.97. The molecule has 1 atom stereocenters. The van der Waals surface area contributed by atoms with Crippen LogP contribution in [-0.2, 0) is 4.79 Å². The highest BCUT2D eigenvalue weighted by Crippen LogP contribution is 2.28. The first kappa shape index (κ1) is 16.4. The normalized spacial score (nSPS) is 18.5. The predicted octanol–water partition coefficient (Wildman–Crippen LogP) is 1.93. The number of hydrogen-bond acceptors (Lipinski definition) is 4. The van der Waals surface area contributed by atoms with Crippen LogP contribution >= 0.6 is 0 Å². The molecule has 1 aromatic rings. The van der Waals surface area contributed by atoms with Gasteiger partial charge in [-0.3, -0.25) is 4.79 Å². The van der Waals surface area contributed by atoms with Gasteiger partial charge in [0.25, 0.3) is 5.91 Å². The molecule has 1 saturated heterocycles. The average Bonchev–Trinajstić information content (AvgIpc) is 2.53. The summed E-state index contributed by atoms with van der Waals surface area (Å²) in [5.41, 5.74) is 1.04. The molecular weight excluding hydrogens is 280 g/mol. The second-order valence-electron chi connectivity index (χ2n) is 5.39. The van der Waals surface area contributed by atoms with Crippen LogP contribution in [0.2, 0.25) is 0 Å². The van der Waals surface area contributed by atoms with Crippen LogP contribution in [0.4, 0.5) is 0 Å². The number of amides is 1. The molecule has 5 heteroatoms. The van der Waals surface area contributed by atoms with Crippen LogP contribution in [0.3, 0.4) is 0 Å². The summed E-state index contributed by atoms with van der Waals surface area (Å²) in [5.74, 6) is 1.23. The zero-order valence-electron chi connectivity index (χ0n) is 13.5. The Hall–Kier alpha value is -2.01. The van der Waals surface area contributed by atoms with E-state index in [0.29, 0.717) is 17.5 Å². The number of ether oxygens (including phenoxy) is 2. The maximum Gasteiger partial charge on any atom is 0.260 e. The van der Waals surface area contributed by atoms with E-state index >= 15 is 0 Å². The van der Waals surface area contributed by atoms with E-state index in [1.165, 1.54) is 0 Å². The van der Waals surface area contributed by atoms with Crippen LogP contribution in [-0.4, -0.2) is 50.2 Å². The van der Waals surface area contributed by atoms with Gasteiger partial charge >= 0.3 is 0 Å². The maximum atomic E-state index is 12.2. The van der Waals surface area contributed by atoms with Crippen molar-refractivity contribution in [1.82, 2.24) is 10.2 Å². The number of rotatable bonds is 5. The van der Waals surface area contributed by atoms with Crippen molar-refractivity contribution in [3.63, 3.8) is 0 Å². The summed E-state index contributed by atoms with van der Waals surface area (Å²) in [6, 6.07) is 6.00. The van der Waals surface area contributed by atoms with Gasteiger partial charge in [0, 0.05) is 25.7 Å². The lowest BCUT2D eigenvalue weighted by atomic mass is 10.2. The number of piperazine rings is 1. The Morgan fingerprint density at radius 1 is 1.45 bits per heavy atom. The first-order valence-electron chi connectivity index (χ1n) is 7.58. The van der Waals surface area contributed by atoms with Crippen LogP contribution in [0, 0.1) is 0 Å². The second-order valence-corrected chi connectivity index (χ2v) is 5.39. The minimum Gasteiger partial charge on any atom is -0.493 e. The fourth-order valence-corrected chi connectivity index (χ4v) is 2.49. The highest BCUT2D eigenvalue weighted by Gasteiger charge is 2.21. The number of benzene rings is 1. The Labute approximate surface area is 131 Å². The lowest BCUT2D eigenvalue weighted by Gasteiger charge is -2.31. The number of nitrogens with one attached hydrogen (secondary N) is 1. The summed E-state index contributed by atoms with van der Waals surface area (Å²) >= 11 is 0. The van der Waals surface area contributed by atoms with Gasteiger partial charge in [-0.15, -0.1) is 0 Å². The molecule has 0 aliphatic carbocycles. The fourth-order valence-electron chi connectivity index (χ4n) is 2.49. The van der Waals surface area contributed by atoms with Crippen LogP contribution < -0.4 is 14.8 Å². The number of allylic oxidation sites excluding steroid dienone is 1. The molecule has 1 fully saturated rings. The molecule has 120 valence electrons. The summed E-state index contributed by atoms with van der Waals surface area (Å²) in [6.07, 6.45) is 3.95. The summed E-state index contributed by atoms with van der Waals surface area (Å²) < 4.78 is 11.0. The summed E-state index contributed by atoms with van der Waals surface area (Å²) in [7, 11) is 1.60. The van der Waals surface area contributed by atoms with Crippen molar-refractivity contribution in [3.8, 4) is 11.5 Å². The number of hydrogen-bond donors (Lipinski definition) is 1. The third kappa shape index (κ3) is 4.24. The monoisotopic (exact) mass is 304 g/mol. The van der Waals surface area contributed by atoms with Crippen LogP contribution in [0.15, 0.2) is 24.3 Å². The third-order valence-corrected chi connectivity index (χ3v) is 3.62. The topological polar surface area (TPSA) is 50.8 Å². The van der Waals surface area contributed by atoms with E-state index in [1.54, 1.807) is 7.11 Å². The summed E-state index contributed by atoms with van der Waals surface area (Å²) in [4.78, 5) is 14.0. The van der Waals surface area contributed by atoms with Crippen molar-refractivity contribution in [1.29, 1.82) is 0 Å². The number of carbonyl (C=O) groups excluding carboxylic acids is 1. The smallest absolute Gasteiger partial charge is 0.260 e. The standard InChI is InChI=1S/C17H24N2O3/c1-4-5-14-6-7-15(16(10-14)21-3)22-12-17(20)19-9-8-18-13(2)11-19/h4-7,10,13,18H,8-9,11-12H2,1-3H3. The number of carbonyl (C=O) groups is 1. The van der Waals surface area contributed by atoms with E-state index in [0.717, 1.165) is 25.2 Å². The molecule has 0 spiro atoms. The zero-order valence-corrected chi connectivity index (χ0v) is 13.5. The average molecular weight is 304 g/mol. The molecule has 0 radical (unpaired) electrons. The first-order chi connectivity index (χ1) is 10.6. The molecule has 1 heterocycles. The number of nitrogens with zero attached hydrogens (tertiary/aromatic N) is 1. The molecule has 22 heavy (non-hydrogen) atoms. The number of methoxy groups -OCH3 is 1. The SMILES string of the molecule is CC=Cc1ccc(OCC(=O)N2CCNC(C)C2)c(OC)c1. The highest BCUT2D eigenvalue weighted by atomic mass is 16.5. The van der Waals surface area contributed by atoms with Gasteiger partial charge in [-0.05, 0) is 31.5 Å². The van der Waals surface area contributed by atoms with Gasteiger partial charge in [-0.1, -0.05) is 18.2 Å². The summed E-state index contributed by atoms with van der Waals surface area (Å²) in [6.45, 7) is 6.34. The third-order valence-electron chi connectivity index (χ3n) is 3.62. The van der Waals surface area contributed by atoms with E-state index in [1.807, 2.05) is 42.2 Å². The van der Waals surface area contributed by atoms with Crippen molar-refractivity contribution in [3.05, 3.63) is 29.8 Å². The van der Waals surface area contributed by atoms with E-state index in [2.05, 4.69) is 12.2 Å². The molecule has 0 aromatic heterocycles. The van der Waals surface area contributed by atoms with E-state index in [9.17, 15) is 4.79 Å². The minimum absolute atomic E-state index is 0.00735. The lowest BCUT2D eigenvalue weighted by molar-refractivity contribution is -0.134. The largest absolute Gasteiger partial charge is 0.493 e. The van der Waals surface area contributed by atoms with Crippen LogP contribution in [0.1, 0.15) is 19.4 Å². The lowest BCUT2D eigenvalue weighted by Crippen LogP contribution is -2.52. The van der Waals surface area contributed by atoms with Crippen molar-refractivity contribution in [2.45, 2.75) is 19.9 Å². The molecule has 1 amide bonds.